The minimum absolute atomic E-state index is 0.337. The molecule has 1 unspecified atom stereocenters. The average Bonchev–Trinajstić information content (AvgIpc) is 2.02. The topological polar surface area (TPSA) is 12.0 Å². The lowest BCUT2D eigenvalue weighted by Crippen LogP contribution is -2.37. The molecular weight excluding hydrogens is 189 g/mol. The third-order valence-corrected chi connectivity index (χ3v) is 2.71. The van der Waals surface area contributed by atoms with Crippen LogP contribution in [0.1, 0.15) is 18.1 Å². The van der Waals surface area contributed by atoms with Crippen LogP contribution < -0.4 is 5.32 Å². The predicted molar refractivity (Wildman–Crippen MR) is 51.6 cm³/mol. The van der Waals surface area contributed by atoms with Crippen LogP contribution in [0.5, 0.6) is 0 Å². The lowest BCUT2D eigenvalue weighted by atomic mass is 9.90. The zero-order valence-corrected chi connectivity index (χ0v) is 8.16. The first-order valence-electron chi connectivity index (χ1n) is 4.29. The van der Waals surface area contributed by atoms with E-state index >= 15 is 0 Å². The molecule has 0 saturated carbocycles. The molecule has 70 valence electrons. The molecule has 0 aromatic heterocycles. The minimum Gasteiger partial charge on any atom is -0.309 e. The van der Waals surface area contributed by atoms with Crippen LogP contribution in [0.3, 0.4) is 0 Å². The van der Waals surface area contributed by atoms with Gasteiger partial charge < -0.3 is 5.32 Å². The Morgan fingerprint density at radius 1 is 1.54 bits per heavy atom. The lowest BCUT2D eigenvalue weighted by molar-refractivity contribution is 0.173. The van der Waals surface area contributed by atoms with Gasteiger partial charge in [0.05, 0.1) is 0 Å². The Hall–Kier alpha value is -0.600. The highest BCUT2D eigenvalue weighted by Gasteiger charge is 2.33. The number of benzene rings is 1. The van der Waals surface area contributed by atoms with E-state index in [0.717, 1.165) is 5.56 Å². The minimum atomic E-state index is -1.34. The van der Waals surface area contributed by atoms with Crippen LogP contribution in [0.4, 0.5) is 4.39 Å². The van der Waals surface area contributed by atoms with Gasteiger partial charge in [-0.15, -0.1) is 0 Å². The van der Waals surface area contributed by atoms with Crippen molar-refractivity contribution in [1.82, 2.24) is 5.32 Å². The van der Waals surface area contributed by atoms with Gasteiger partial charge in [-0.2, -0.15) is 0 Å². The van der Waals surface area contributed by atoms with E-state index in [0.29, 0.717) is 23.7 Å². The molecule has 1 aromatic carbocycles. The molecule has 0 amide bonds. The first-order chi connectivity index (χ1) is 6.11. The number of hydrogen-bond acceptors (Lipinski definition) is 1. The van der Waals surface area contributed by atoms with Crippen molar-refractivity contribution in [3.8, 4) is 0 Å². The van der Waals surface area contributed by atoms with Crippen LogP contribution in [-0.2, 0) is 12.2 Å². The Balaban J connectivity index is 2.61. The first-order valence-corrected chi connectivity index (χ1v) is 4.66. The zero-order valence-electron chi connectivity index (χ0n) is 7.40. The van der Waals surface area contributed by atoms with Crippen molar-refractivity contribution in [1.29, 1.82) is 0 Å². The Morgan fingerprint density at radius 3 is 3.00 bits per heavy atom. The van der Waals surface area contributed by atoms with Gasteiger partial charge in [-0.25, -0.2) is 4.39 Å². The van der Waals surface area contributed by atoms with E-state index in [1.54, 1.807) is 13.0 Å². The third-order valence-electron chi connectivity index (χ3n) is 2.39. The molecule has 1 aliphatic heterocycles. The van der Waals surface area contributed by atoms with Gasteiger partial charge in [0, 0.05) is 23.7 Å². The van der Waals surface area contributed by atoms with Gasteiger partial charge >= 0.3 is 0 Å². The number of alkyl halides is 1. The van der Waals surface area contributed by atoms with Crippen LogP contribution in [0.2, 0.25) is 5.02 Å². The van der Waals surface area contributed by atoms with Crippen LogP contribution in [0.15, 0.2) is 18.2 Å². The molecule has 0 saturated heterocycles. The van der Waals surface area contributed by atoms with Gasteiger partial charge in [0.2, 0.25) is 0 Å². The van der Waals surface area contributed by atoms with Crippen LogP contribution in [0.25, 0.3) is 0 Å². The maximum Gasteiger partial charge on any atom is 0.147 e. The summed E-state index contributed by atoms with van der Waals surface area (Å²) < 4.78 is 14.0. The molecule has 0 radical (unpaired) electrons. The molecule has 0 aliphatic carbocycles. The summed E-state index contributed by atoms with van der Waals surface area (Å²) in [5.41, 5.74) is 0.269. The summed E-state index contributed by atoms with van der Waals surface area (Å²) >= 11 is 5.96. The van der Waals surface area contributed by atoms with Crippen molar-refractivity contribution in [2.75, 3.05) is 6.54 Å². The maximum absolute atomic E-state index is 14.0. The van der Waals surface area contributed by atoms with Crippen molar-refractivity contribution < 1.29 is 4.39 Å². The van der Waals surface area contributed by atoms with Crippen molar-refractivity contribution in [2.45, 2.75) is 19.1 Å². The number of halogens is 2. The highest BCUT2D eigenvalue weighted by atomic mass is 35.5. The molecule has 1 heterocycles. The normalized spacial score (nSPS) is 27.0. The Labute approximate surface area is 81.9 Å². The lowest BCUT2D eigenvalue weighted by Gasteiger charge is -2.30. The molecular formula is C10H11ClFN. The predicted octanol–water partition coefficient (Wildman–Crippen LogP) is 2.63. The summed E-state index contributed by atoms with van der Waals surface area (Å²) in [6.07, 6.45) is 0. The Kier molecular flexibility index (Phi) is 2.05. The number of hydrogen-bond donors (Lipinski definition) is 1. The molecule has 3 heteroatoms. The SMILES string of the molecule is CC1(F)CNCc2cccc(Cl)c21. The molecule has 1 aromatic rings. The molecule has 1 atom stereocenters. The van der Waals surface area contributed by atoms with Crippen molar-refractivity contribution in [2.24, 2.45) is 0 Å². The summed E-state index contributed by atoms with van der Waals surface area (Å²) in [7, 11) is 0. The average molecular weight is 200 g/mol. The van der Waals surface area contributed by atoms with E-state index in [1.165, 1.54) is 0 Å². The zero-order chi connectivity index (χ0) is 9.47. The molecule has 13 heavy (non-hydrogen) atoms. The molecule has 1 N–H and O–H groups in total. The standard InChI is InChI=1S/C10H11ClFN/c1-10(12)6-13-5-7-3-2-4-8(11)9(7)10/h2-4,13H,5-6H2,1H3. The summed E-state index contributed by atoms with van der Waals surface area (Å²) in [6.45, 7) is 2.60. The molecule has 2 rings (SSSR count). The van der Waals surface area contributed by atoms with Crippen LogP contribution in [-0.4, -0.2) is 6.54 Å². The second-order valence-electron chi connectivity index (χ2n) is 3.57. The first kappa shape index (κ1) is 8.97. The van der Waals surface area contributed by atoms with E-state index in [1.807, 2.05) is 12.1 Å². The highest BCUT2D eigenvalue weighted by Crippen LogP contribution is 2.36. The van der Waals surface area contributed by atoms with Gasteiger partial charge in [-0.05, 0) is 18.6 Å². The quantitative estimate of drug-likeness (QED) is 0.678. The molecule has 1 nitrogen and oxygen atoms in total. The second kappa shape index (κ2) is 2.96. The third kappa shape index (κ3) is 1.45. The summed E-state index contributed by atoms with van der Waals surface area (Å²) in [6, 6.07) is 5.50. The summed E-state index contributed by atoms with van der Waals surface area (Å²) in [4.78, 5) is 0. The summed E-state index contributed by atoms with van der Waals surface area (Å²) in [5.74, 6) is 0. The second-order valence-corrected chi connectivity index (χ2v) is 3.98. The van der Waals surface area contributed by atoms with Gasteiger partial charge in [0.15, 0.2) is 0 Å². The van der Waals surface area contributed by atoms with E-state index in [-0.39, 0.29) is 0 Å². The van der Waals surface area contributed by atoms with Crippen molar-refractivity contribution in [3.05, 3.63) is 34.3 Å². The van der Waals surface area contributed by atoms with E-state index in [4.69, 9.17) is 11.6 Å². The fourth-order valence-corrected chi connectivity index (χ4v) is 2.21. The Bertz CT molecular complexity index is 336. The highest BCUT2D eigenvalue weighted by molar-refractivity contribution is 6.31. The van der Waals surface area contributed by atoms with Crippen LogP contribution >= 0.6 is 11.6 Å². The molecule has 0 fully saturated rings. The van der Waals surface area contributed by atoms with Crippen molar-refractivity contribution >= 4 is 11.6 Å². The fraction of sp³-hybridized carbons (Fsp3) is 0.400. The number of fused-ring (bicyclic) bond motifs is 1. The van der Waals surface area contributed by atoms with Gasteiger partial charge in [0.1, 0.15) is 5.67 Å². The molecule has 0 spiro atoms. The monoisotopic (exact) mass is 199 g/mol. The van der Waals surface area contributed by atoms with E-state index in [2.05, 4.69) is 5.32 Å². The van der Waals surface area contributed by atoms with Gasteiger partial charge in [-0.1, -0.05) is 23.7 Å². The van der Waals surface area contributed by atoms with Gasteiger partial charge in [-0.3, -0.25) is 0 Å². The van der Waals surface area contributed by atoms with Crippen molar-refractivity contribution in [3.63, 3.8) is 0 Å². The van der Waals surface area contributed by atoms with Gasteiger partial charge in [0.25, 0.3) is 0 Å². The van der Waals surface area contributed by atoms with E-state index in [9.17, 15) is 4.39 Å². The Morgan fingerprint density at radius 2 is 2.31 bits per heavy atom. The van der Waals surface area contributed by atoms with Crippen LogP contribution in [0, 0.1) is 0 Å². The fourth-order valence-electron chi connectivity index (χ4n) is 1.82. The molecule has 0 bridgehead atoms. The largest absolute Gasteiger partial charge is 0.309 e. The maximum atomic E-state index is 14.0. The summed E-state index contributed by atoms with van der Waals surface area (Å²) in [5, 5.41) is 3.56. The van der Waals surface area contributed by atoms with E-state index < -0.39 is 5.67 Å². The number of nitrogens with one attached hydrogen (secondary N) is 1. The molecule has 1 aliphatic rings. The smallest absolute Gasteiger partial charge is 0.147 e. The number of rotatable bonds is 0.